The molecule has 10 heteroatoms. The molecule has 3 aromatic heterocycles. The normalized spacial score (nSPS) is 17.4. The summed E-state index contributed by atoms with van der Waals surface area (Å²) in [5, 5.41) is 12.3. The van der Waals surface area contributed by atoms with Crippen molar-refractivity contribution in [1.29, 1.82) is 0 Å². The molecule has 2 fully saturated rings. The highest BCUT2D eigenvalue weighted by Crippen LogP contribution is 2.45. The van der Waals surface area contributed by atoms with Crippen molar-refractivity contribution in [3.63, 3.8) is 0 Å². The van der Waals surface area contributed by atoms with Gasteiger partial charge in [-0.1, -0.05) is 42.0 Å². The third kappa shape index (κ3) is 4.87. The molecule has 0 unspecified atom stereocenters. The lowest BCUT2D eigenvalue weighted by molar-refractivity contribution is -0.0389. The first-order valence-corrected chi connectivity index (χ1v) is 16.5. The van der Waals surface area contributed by atoms with E-state index in [9.17, 15) is 13.5 Å². The Balaban J connectivity index is 1.35. The zero-order valence-corrected chi connectivity index (χ0v) is 25.0. The highest BCUT2D eigenvalue weighted by Gasteiger charge is 2.39. The number of aromatic nitrogens is 3. The fraction of sp³-hybridized carbons (Fsp3) is 0.312. The summed E-state index contributed by atoms with van der Waals surface area (Å²) in [6, 6.07) is 18.8. The first-order chi connectivity index (χ1) is 20.3. The molecule has 1 N–H and O–H groups in total. The monoisotopic (exact) mass is 600 g/mol. The lowest BCUT2D eigenvalue weighted by atomic mass is 9.81. The van der Waals surface area contributed by atoms with E-state index in [1.54, 1.807) is 24.5 Å². The van der Waals surface area contributed by atoms with Crippen molar-refractivity contribution in [2.75, 3.05) is 26.3 Å². The molecule has 2 aliphatic rings. The molecular weight excluding hydrogens is 569 g/mol. The van der Waals surface area contributed by atoms with Gasteiger partial charge in [0.05, 0.1) is 28.7 Å². The molecule has 1 saturated heterocycles. The number of nitrogens with zero attached hydrogens (tertiary/aromatic N) is 4. The molecule has 1 aliphatic heterocycles. The lowest BCUT2D eigenvalue weighted by Gasteiger charge is -2.34. The molecule has 7 rings (SSSR count). The van der Waals surface area contributed by atoms with E-state index < -0.39 is 15.6 Å². The maximum Gasteiger partial charge on any atom is 0.269 e. The van der Waals surface area contributed by atoms with Crippen LogP contribution in [-0.2, 0) is 26.9 Å². The van der Waals surface area contributed by atoms with Crippen LogP contribution in [0.1, 0.15) is 35.4 Å². The van der Waals surface area contributed by atoms with Crippen LogP contribution in [0.2, 0.25) is 0 Å². The lowest BCUT2D eigenvalue weighted by Crippen LogP contribution is -2.35. The van der Waals surface area contributed by atoms with Gasteiger partial charge in [-0.15, -0.1) is 11.3 Å². The number of hydrogen-bond donors (Lipinski definition) is 1. The molecule has 216 valence electrons. The molecule has 0 bridgehead atoms. The molecule has 2 aromatic carbocycles. The molecular formula is C32H32N4O4S2. The van der Waals surface area contributed by atoms with Crippen molar-refractivity contribution in [1.82, 2.24) is 18.8 Å². The minimum atomic E-state index is -3.98. The van der Waals surface area contributed by atoms with Crippen molar-refractivity contribution >= 4 is 32.4 Å². The molecule has 1 aliphatic carbocycles. The third-order valence-corrected chi connectivity index (χ3v) is 11.3. The number of fused-ring (bicyclic) bond motifs is 1. The largest absolute Gasteiger partial charge is 0.383 e. The summed E-state index contributed by atoms with van der Waals surface area (Å²) in [6.45, 7) is 6.03. The topological polar surface area (TPSA) is 97.6 Å². The van der Waals surface area contributed by atoms with E-state index in [0.29, 0.717) is 29.2 Å². The first-order valence-electron chi connectivity index (χ1n) is 14.2. The number of benzene rings is 2. The average molecular weight is 601 g/mol. The summed E-state index contributed by atoms with van der Waals surface area (Å²) in [7, 11) is -3.98. The maximum absolute atomic E-state index is 14.2. The number of pyridine rings is 1. The molecule has 42 heavy (non-hydrogen) atoms. The van der Waals surface area contributed by atoms with Gasteiger partial charge in [-0.25, -0.2) is 22.4 Å². The van der Waals surface area contributed by atoms with Crippen molar-refractivity contribution in [3.05, 3.63) is 89.2 Å². The van der Waals surface area contributed by atoms with Gasteiger partial charge in [0.25, 0.3) is 10.0 Å². The SMILES string of the molecule is Cc1ccc(S(=O)(=O)n2c(-c3ccc(CN4CCOCC4)cc3)cc3c(-c4cnc(C5(O)CCC5)s4)ccnc32)cc1. The maximum atomic E-state index is 14.2. The van der Waals surface area contributed by atoms with Crippen molar-refractivity contribution in [2.24, 2.45) is 0 Å². The van der Waals surface area contributed by atoms with Gasteiger partial charge in [-0.3, -0.25) is 4.90 Å². The fourth-order valence-corrected chi connectivity index (χ4v) is 8.27. The van der Waals surface area contributed by atoms with Crippen LogP contribution in [0.5, 0.6) is 0 Å². The van der Waals surface area contributed by atoms with E-state index in [0.717, 1.165) is 71.8 Å². The molecule has 5 aromatic rings. The predicted molar refractivity (Wildman–Crippen MR) is 164 cm³/mol. The number of morpholine rings is 1. The summed E-state index contributed by atoms with van der Waals surface area (Å²) in [5.74, 6) is 0. The number of ether oxygens (including phenoxy) is 1. The van der Waals surface area contributed by atoms with E-state index in [1.807, 2.05) is 43.3 Å². The summed E-state index contributed by atoms with van der Waals surface area (Å²) in [5.41, 5.74) is 3.82. The smallest absolute Gasteiger partial charge is 0.269 e. The molecule has 8 nitrogen and oxygen atoms in total. The van der Waals surface area contributed by atoms with Gasteiger partial charge < -0.3 is 9.84 Å². The zero-order chi connectivity index (χ0) is 28.9. The first kappa shape index (κ1) is 27.4. The molecule has 0 atom stereocenters. The van der Waals surface area contributed by atoms with E-state index >= 15 is 0 Å². The fourth-order valence-electron chi connectivity index (χ4n) is 5.69. The van der Waals surface area contributed by atoms with Gasteiger partial charge in [0.15, 0.2) is 5.65 Å². The predicted octanol–water partition coefficient (Wildman–Crippen LogP) is 5.58. The number of hydrogen-bond acceptors (Lipinski definition) is 8. The summed E-state index contributed by atoms with van der Waals surface area (Å²) < 4.78 is 35.3. The molecule has 0 radical (unpaired) electrons. The van der Waals surface area contributed by atoms with E-state index in [4.69, 9.17) is 4.74 Å². The van der Waals surface area contributed by atoms with E-state index in [-0.39, 0.29) is 4.90 Å². The Morgan fingerprint density at radius 1 is 1.00 bits per heavy atom. The Morgan fingerprint density at radius 2 is 1.74 bits per heavy atom. The second kappa shape index (κ2) is 10.7. The summed E-state index contributed by atoms with van der Waals surface area (Å²) in [6.07, 6.45) is 5.83. The quantitative estimate of drug-likeness (QED) is 0.261. The number of thiazole rings is 1. The number of rotatable bonds is 7. The van der Waals surface area contributed by atoms with Crippen molar-refractivity contribution < 1.29 is 18.3 Å². The molecule has 0 spiro atoms. The standard InChI is InChI=1S/C32H32N4O4S2/c1-22-3-9-25(10-4-22)42(38,39)36-28(24-7-5-23(6-8-24)21-35-15-17-40-18-16-35)19-27-26(11-14-33-30(27)36)29-20-34-31(41-29)32(37)12-2-13-32/h3-11,14,19-20,37H,2,12-13,15-18,21H2,1H3. The number of aliphatic hydroxyl groups is 1. The Labute approximate surface area is 249 Å². The second-order valence-corrected chi connectivity index (χ2v) is 14.0. The van der Waals surface area contributed by atoms with Crippen molar-refractivity contribution in [3.8, 4) is 21.7 Å². The van der Waals surface area contributed by atoms with Crippen LogP contribution in [0.4, 0.5) is 0 Å². The van der Waals surface area contributed by atoms with Crippen LogP contribution < -0.4 is 0 Å². The van der Waals surface area contributed by atoms with Crippen LogP contribution >= 0.6 is 11.3 Å². The van der Waals surface area contributed by atoms with Gasteiger partial charge in [0.2, 0.25) is 0 Å². The highest BCUT2D eigenvalue weighted by molar-refractivity contribution is 7.90. The van der Waals surface area contributed by atoms with Crippen LogP contribution in [-0.4, -0.2) is 58.7 Å². The van der Waals surface area contributed by atoms with E-state index in [1.165, 1.54) is 15.3 Å². The molecule has 4 heterocycles. The third-order valence-electron chi connectivity index (χ3n) is 8.33. The Morgan fingerprint density at radius 3 is 2.43 bits per heavy atom. The summed E-state index contributed by atoms with van der Waals surface area (Å²) >= 11 is 1.46. The minimum Gasteiger partial charge on any atom is -0.383 e. The zero-order valence-electron chi connectivity index (χ0n) is 23.4. The van der Waals surface area contributed by atoms with Gasteiger partial charge in [-0.05, 0) is 61.6 Å². The molecule has 0 amide bonds. The van der Waals surface area contributed by atoms with Crippen LogP contribution in [0.25, 0.3) is 32.7 Å². The van der Waals surface area contributed by atoms with Crippen LogP contribution in [0.15, 0.2) is 78.0 Å². The van der Waals surface area contributed by atoms with Crippen molar-refractivity contribution in [2.45, 2.75) is 43.2 Å². The minimum absolute atomic E-state index is 0.204. The molecule has 1 saturated carbocycles. The van der Waals surface area contributed by atoms with Gasteiger partial charge in [-0.2, -0.15) is 0 Å². The summed E-state index contributed by atoms with van der Waals surface area (Å²) in [4.78, 5) is 12.6. The number of aryl methyl sites for hydroxylation is 1. The second-order valence-electron chi connectivity index (χ2n) is 11.2. The Hall–Kier alpha value is -3.41. The van der Waals surface area contributed by atoms with Crippen LogP contribution in [0, 0.1) is 6.92 Å². The van der Waals surface area contributed by atoms with E-state index in [2.05, 4.69) is 27.0 Å². The average Bonchev–Trinajstić information content (AvgIpc) is 3.63. The Kier molecular flexibility index (Phi) is 6.99. The van der Waals surface area contributed by atoms with Crippen LogP contribution in [0.3, 0.4) is 0 Å². The van der Waals surface area contributed by atoms with Gasteiger partial charge in [0.1, 0.15) is 10.6 Å². The van der Waals surface area contributed by atoms with Gasteiger partial charge >= 0.3 is 0 Å². The van der Waals surface area contributed by atoms with Gasteiger partial charge in [0, 0.05) is 43.0 Å². The Bertz CT molecular complexity index is 1850. The highest BCUT2D eigenvalue weighted by atomic mass is 32.2.